The summed E-state index contributed by atoms with van der Waals surface area (Å²) < 4.78 is 0. The molecule has 7 nitrogen and oxygen atoms in total. The molecule has 24 heavy (non-hydrogen) atoms. The van der Waals surface area contributed by atoms with Crippen LogP contribution in [0.2, 0.25) is 0 Å². The van der Waals surface area contributed by atoms with Crippen molar-refractivity contribution in [3.63, 3.8) is 0 Å². The molecule has 0 saturated carbocycles. The highest BCUT2D eigenvalue weighted by Gasteiger charge is 2.11. The molecule has 3 heterocycles. The number of rotatable bonds is 4. The summed E-state index contributed by atoms with van der Waals surface area (Å²) in [5.41, 5.74) is 2.38. The second kappa shape index (κ2) is 6.85. The molecule has 0 aliphatic carbocycles. The van der Waals surface area contributed by atoms with Gasteiger partial charge in [-0.1, -0.05) is 0 Å². The Kier molecular flexibility index (Phi) is 4.63. The lowest BCUT2D eigenvalue weighted by atomic mass is 10.2. The highest BCUT2D eigenvalue weighted by Crippen LogP contribution is 2.25. The number of carboxylic acid groups (broad SMARTS) is 1. The molecule has 122 valence electrons. The zero-order valence-corrected chi connectivity index (χ0v) is 14.2. The fraction of sp³-hybridized carbons (Fsp3) is 0.133. The number of nitrogens with zero attached hydrogens (tertiary/aromatic N) is 3. The SMILES string of the molecule is CCNC(=S)Nc1ccc2ncc(-c3csc(C(=O)O)c3)nc2n1. The summed E-state index contributed by atoms with van der Waals surface area (Å²) in [5.74, 6) is -0.391. The summed E-state index contributed by atoms with van der Waals surface area (Å²) in [7, 11) is 0. The third-order valence-electron chi connectivity index (χ3n) is 3.09. The zero-order valence-electron chi connectivity index (χ0n) is 12.6. The number of pyridine rings is 1. The number of aromatic nitrogens is 3. The molecule has 0 aliphatic heterocycles. The molecule has 0 saturated heterocycles. The van der Waals surface area contributed by atoms with Gasteiger partial charge in [0.05, 0.1) is 11.9 Å². The number of anilines is 1. The van der Waals surface area contributed by atoms with Crippen molar-refractivity contribution in [1.29, 1.82) is 0 Å². The lowest BCUT2D eigenvalue weighted by molar-refractivity contribution is 0.0702. The predicted octanol–water partition coefficient (Wildman–Crippen LogP) is 2.76. The van der Waals surface area contributed by atoms with E-state index >= 15 is 0 Å². The third-order valence-corrected chi connectivity index (χ3v) is 4.26. The van der Waals surface area contributed by atoms with Crippen LogP contribution in [0.4, 0.5) is 5.82 Å². The average Bonchev–Trinajstić information content (AvgIpc) is 3.04. The van der Waals surface area contributed by atoms with Crippen molar-refractivity contribution in [3.05, 3.63) is 34.7 Å². The number of aromatic carboxylic acids is 1. The minimum atomic E-state index is -0.957. The van der Waals surface area contributed by atoms with Crippen LogP contribution in [-0.4, -0.2) is 37.7 Å². The Bertz CT molecular complexity index is 925. The van der Waals surface area contributed by atoms with Crippen molar-refractivity contribution in [1.82, 2.24) is 20.3 Å². The highest BCUT2D eigenvalue weighted by molar-refractivity contribution is 7.80. The molecule has 3 aromatic rings. The molecular formula is C15H13N5O2S2. The van der Waals surface area contributed by atoms with Crippen LogP contribution in [-0.2, 0) is 0 Å². The number of hydrogen-bond acceptors (Lipinski definition) is 6. The Balaban J connectivity index is 1.93. The van der Waals surface area contributed by atoms with E-state index < -0.39 is 5.97 Å². The van der Waals surface area contributed by atoms with Crippen LogP contribution in [0.5, 0.6) is 0 Å². The van der Waals surface area contributed by atoms with Crippen molar-refractivity contribution in [2.75, 3.05) is 11.9 Å². The summed E-state index contributed by atoms with van der Waals surface area (Å²) in [6.07, 6.45) is 1.61. The van der Waals surface area contributed by atoms with Gasteiger partial charge >= 0.3 is 5.97 Å². The van der Waals surface area contributed by atoms with Gasteiger partial charge in [-0.15, -0.1) is 11.3 Å². The smallest absolute Gasteiger partial charge is 0.345 e. The van der Waals surface area contributed by atoms with Gasteiger partial charge < -0.3 is 15.7 Å². The summed E-state index contributed by atoms with van der Waals surface area (Å²) in [6, 6.07) is 5.14. The van der Waals surface area contributed by atoms with Crippen LogP contribution in [0, 0.1) is 0 Å². The predicted molar refractivity (Wildman–Crippen MR) is 97.5 cm³/mol. The van der Waals surface area contributed by atoms with E-state index in [0.29, 0.717) is 39.9 Å². The van der Waals surface area contributed by atoms with E-state index in [1.165, 1.54) is 0 Å². The van der Waals surface area contributed by atoms with Gasteiger partial charge in [0.1, 0.15) is 16.2 Å². The number of fused-ring (bicyclic) bond motifs is 1. The molecule has 0 aliphatic rings. The van der Waals surface area contributed by atoms with Crippen molar-refractivity contribution in [3.8, 4) is 11.3 Å². The van der Waals surface area contributed by atoms with E-state index in [9.17, 15) is 4.79 Å². The molecule has 0 aromatic carbocycles. The molecule has 0 bridgehead atoms. The number of carbonyl (C=O) groups is 1. The Morgan fingerprint density at radius 2 is 2.21 bits per heavy atom. The molecule has 3 N–H and O–H groups in total. The summed E-state index contributed by atoms with van der Waals surface area (Å²) >= 11 is 6.28. The van der Waals surface area contributed by atoms with E-state index in [2.05, 4.69) is 25.6 Å². The van der Waals surface area contributed by atoms with Gasteiger partial charge in [0.2, 0.25) is 0 Å². The van der Waals surface area contributed by atoms with Crippen LogP contribution in [0.1, 0.15) is 16.6 Å². The molecule has 0 fully saturated rings. The lowest BCUT2D eigenvalue weighted by Gasteiger charge is -2.08. The number of nitrogens with one attached hydrogen (secondary N) is 2. The minimum absolute atomic E-state index is 0.256. The van der Waals surface area contributed by atoms with Crippen molar-refractivity contribution in [2.24, 2.45) is 0 Å². The molecule has 9 heteroatoms. The maximum atomic E-state index is 11.0. The van der Waals surface area contributed by atoms with Gasteiger partial charge in [0, 0.05) is 17.5 Å². The maximum absolute atomic E-state index is 11.0. The number of thiophene rings is 1. The minimum Gasteiger partial charge on any atom is -0.477 e. The van der Waals surface area contributed by atoms with Gasteiger partial charge in [-0.05, 0) is 37.3 Å². The molecule has 0 radical (unpaired) electrons. The molecule has 0 atom stereocenters. The topological polar surface area (TPSA) is 100 Å². The second-order valence-corrected chi connectivity index (χ2v) is 6.10. The molecule has 0 amide bonds. The fourth-order valence-electron chi connectivity index (χ4n) is 2.01. The number of thiocarbonyl (C=S) groups is 1. The maximum Gasteiger partial charge on any atom is 0.345 e. The van der Waals surface area contributed by atoms with Gasteiger partial charge in [-0.25, -0.2) is 14.8 Å². The Morgan fingerprint density at radius 1 is 1.38 bits per heavy atom. The standard InChI is InChI=1S/C15H13N5O2S2/c1-2-16-15(23)20-12-4-3-9-13(19-12)18-10(6-17-9)8-5-11(14(21)22)24-7-8/h3-7H,2H2,1H3,(H,21,22)(H2,16,18,19,20,23). The quantitative estimate of drug-likeness (QED) is 0.612. The lowest BCUT2D eigenvalue weighted by Crippen LogP contribution is -2.28. The zero-order chi connectivity index (χ0) is 17.1. The monoisotopic (exact) mass is 359 g/mol. The van der Waals surface area contributed by atoms with Gasteiger partial charge in [-0.3, -0.25) is 4.98 Å². The first kappa shape index (κ1) is 16.2. The summed E-state index contributed by atoms with van der Waals surface area (Å²) in [6.45, 7) is 2.67. The van der Waals surface area contributed by atoms with Gasteiger partial charge in [0.15, 0.2) is 10.8 Å². The molecule has 0 spiro atoms. The third kappa shape index (κ3) is 3.47. The molecule has 3 aromatic heterocycles. The Hall–Kier alpha value is -2.65. The average molecular weight is 359 g/mol. The molecular weight excluding hydrogens is 346 g/mol. The van der Waals surface area contributed by atoms with E-state index in [-0.39, 0.29) is 4.88 Å². The summed E-state index contributed by atoms with van der Waals surface area (Å²) in [5, 5.41) is 17.2. The largest absolute Gasteiger partial charge is 0.477 e. The second-order valence-electron chi connectivity index (χ2n) is 4.78. The van der Waals surface area contributed by atoms with Crippen molar-refractivity contribution >= 4 is 51.6 Å². The molecule has 0 unspecified atom stereocenters. The number of carboxylic acids is 1. The van der Waals surface area contributed by atoms with E-state index in [0.717, 1.165) is 11.3 Å². The first-order valence-electron chi connectivity index (χ1n) is 7.07. The van der Waals surface area contributed by atoms with Crippen LogP contribution in [0.15, 0.2) is 29.8 Å². The van der Waals surface area contributed by atoms with Crippen LogP contribution >= 0.6 is 23.6 Å². The van der Waals surface area contributed by atoms with Crippen LogP contribution in [0.3, 0.4) is 0 Å². The van der Waals surface area contributed by atoms with E-state index in [4.69, 9.17) is 17.3 Å². The van der Waals surface area contributed by atoms with Crippen LogP contribution < -0.4 is 10.6 Å². The molecule has 3 rings (SSSR count). The Labute approximate surface area is 146 Å². The fourth-order valence-corrected chi connectivity index (χ4v) is 3.00. The van der Waals surface area contributed by atoms with Gasteiger partial charge in [0.25, 0.3) is 0 Å². The van der Waals surface area contributed by atoms with Crippen LogP contribution in [0.25, 0.3) is 22.4 Å². The van der Waals surface area contributed by atoms with Crippen molar-refractivity contribution in [2.45, 2.75) is 6.92 Å². The number of hydrogen-bond donors (Lipinski definition) is 3. The Morgan fingerprint density at radius 3 is 2.92 bits per heavy atom. The van der Waals surface area contributed by atoms with E-state index in [1.807, 2.05) is 6.92 Å². The van der Waals surface area contributed by atoms with Crippen molar-refractivity contribution < 1.29 is 9.90 Å². The van der Waals surface area contributed by atoms with Gasteiger partial charge in [-0.2, -0.15) is 0 Å². The first-order valence-corrected chi connectivity index (χ1v) is 8.36. The normalized spacial score (nSPS) is 10.5. The van der Waals surface area contributed by atoms with E-state index in [1.54, 1.807) is 29.8 Å². The highest BCUT2D eigenvalue weighted by atomic mass is 32.1. The first-order chi connectivity index (χ1) is 11.6. The summed E-state index contributed by atoms with van der Waals surface area (Å²) in [4.78, 5) is 24.4.